The molecule has 9 heteroatoms. The summed E-state index contributed by atoms with van der Waals surface area (Å²) >= 11 is 1.27. The van der Waals surface area contributed by atoms with Gasteiger partial charge in [0.2, 0.25) is 5.91 Å². The number of hydrogen-bond acceptors (Lipinski definition) is 5. The molecule has 0 radical (unpaired) electrons. The van der Waals surface area contributed by atoms with Crippen molar-refractivity contribution in [2.45, 2.75) is 20.4 Å². The van der Waals surface area contributed by atoms with Crippen LogP contribution in [0.5, 0.6) is 0 Å². The summed E-state index contributed by atoms with van der Waals surface area (Å²) < 4.78 is 0. The Hall–Kier alpha value is -5.02. The molecule has 0 fully saturated rings. The Morgan fingerprint density at radius 1 is 1.02 bits per heavy atom. The average molecular weight is 550 g/mol. The standard InChI is InChI=1S/C31H27N5O3S/c1-3-7-27(37)34-17-19-8-4-5-9-21(19)26-16-24-22(12-13-23(29(32)38)28(24)35-26)20-10-6-11-25(18(20)2)36-30(39)31-33-14-15-40-31/h3-16,35H,17H2,1-2H3,(H2,32,38)(H,34,37)(H,36,39)/b7-3+. The van der Waals surface area contributed by atoms with E-state index < -0.39 is 5.91 Å². The van der Waals surface area contributed by atoms with Crippen molar-refractivity contribution in [2.75, 3.05) is 5.32 Å². The average Bonchev–Trinajstić information content (AvgIpc) is 3.64. The lowest BCUT2D eigenvalue weighted by molar-refractivity contribution is -0.116. The number of carbonyl (C=O) groups is 3. The second-order valence-corrected chi connectivity index (χ2v) is 10.0. The van der Waals surface area contributed by atoms with Gasteiger partial charge in [0.1, 0.15) is 0 Å². The lowest BCUT2D eigenvalue weighted by atomic mass is 9.94. The number of H-pyrrole nitrogens is 1. The Morgan fingerprint density at radius 2 is 1.82 bits per heavy atom. The van der Waals surface area contributed by atoms with Crippen LogP contribution in [-0.2, 0) is 11.3 Å². The SMILES string of the molecule is C/C=C/C(=O)NCc1ccccc1-c1cc2c(-c3cccc(NC(=O)c4nccs4)c3C)ccc(C(N)=O)c2[nH]1. The van der Waals surface area contributed by atoms with Gasteiger partial charge in [-0.3, -0.25) is 14.4 Å². The highest BCUT2D eigenvalue weighted by molar-refractivity contribution is 7.11. The summed E-state index contributed by atoms with van der Waals surface area (Å²) in [7, 11) is 0. The molecule has 2 aromatic heterocycles. The maximum absolute atomic E-state index is 12.7. The molecule has 2 heterocycles. The van der Waals surface area contributed by atoms with E-state index in [2.05, 4.69) is 20.6 Å². The van der Waals surface area contributed by atoms with Crippen LogP contribution in [0, 0.1) is 6.92 Å². The predicted octanol–water partition coefficient (Wildman–Crippen LogP) is 5.81. The van der Waals surface area contributed by atoms with E-state index in [-0.39, 0.29) is 11.8 Å². The Morgan fingerprint density at radius 3 is 2.58 bits per heavy atom. The number of allylic oxidation sites excluding steroid dienone is 1. The van der Waals surface area contributed by atoms with Crippen LogP contribution in [-0.4, -0.2) is 27.7 Å². The second kappa shape index (κ2) is 11.4. The molecule has 5 rings (SSSR count). The number of aromatic nitrogens is 2. The van der Waals surface area contributed by atoms with Crippen molar-refractivity contribution < 1.29 is 14.4 Å². The molecule has 0 bridgehead atoms. The van der Waals surface area contributed by atoms with Crippen molar-refractivity contribution in [3.63, 3.8) is 0 Å². The van der Waals surface area contributed by atoms with Crippen LogP contribution >= 0.6 is 11.3 Å². The van der Waals surface area contributed by atoms with Crippen LogP contribution in [0.2, 0.25) is 0 Å². The molecular formula is C31H27N5O3S. The van der Waals surface area contributed by atoms with E-state index in [0.29, 0.717) is 28.3 Å². The number of primary amides is 1. The largest absolute Gasteiger partial charge is 0.366 e. The number of hydrogen-bond donors (Lipinski definition) is 4. The third-order valence-electron chi connectivity index (χ3n) is 6.64. The lowest BCUT2D eigenvalue weighted by Gasteiger charge is -2.14. The molecule has 0 spiro atoms. The topological polar surface area (TPSA) is 130 Å². The van der Waals surface area contributed by atoms with Crippen LogP contribution in [0.4, 0.5) is 5.69 Å². The Balaban J connectivity index is 1.59. The zero-order valence-corrected chi connectivity index (χ0v) is 22.8. The van der Waals surface area contributed by atoms with Crippen LogP contribution in [0.25, 0.3) is 33.3 Å². The summed E-state index contributed by atoms with van der Waals surface area (Å²) in [5.41, 5.74) is 12.6. The molecule has 0 saturated carbocycles. The number of carbonyl (C=O) groups excluding carboxylic acids is 3. The number of fused-ring (bicyclic) bond motifs is 1. The van der Waals surface area contributed by atoms with Crippen LogP contribution in [0.1, 0.15) is 38.2 Å². The Bertz CT molecular complexity index is 1770. The Labute approximate surface area is 235 Å². The van der Waals surface area contributed by atoms with E-state index in [1.54, 1.807) is 30.6 Å². The molecule has 200 valence electrons. The molecular weight excluding hydrogens is 522 g/mol. The van der Waals surface area contributed by atoms with Gasteiger partial charge < -0.3 is 21.4 Å². The van der Waals surface area contributed by atoms with E-state index in [4.69, 9.17) is 5.73 Å². The van der Waals surface area contributed by atoms with Crippen molar-refractivity contribution in [2.24, 2.45) is 5.73 Å². The van der Waals surface area contributed by atoms with Gasteiger partial charge in [-0.05, 0) is 60.4 Å². The summed E-state index contributed by atoms with van der Waals surface area (Å²) in [6, 6.07) is 19.0. The number of nitrogens with two attached hydrogens (primary N) is 1. The number of rotatable bonds is 8. The van der Waals surface area contributed by atoms with Crippen molar-refractivity contribution in [3.8, 4) is 22.4 Å². The molecule has 0 atom stereocenters. The molecule has 0 aliphatic rings. The summed E-state index contributed by atoms with van der Waals surface area (Å²) in [6.07, 6.45) is 4.76. The van der Waals surface area contributed by atoms with Crippen LogP contribution in [0.15, 0.2) is 84.4 Å². The third kappa shape index (κ3) is 5.27. The highest BCUT2D eigenvalue weighted by Crippen LogP contribution is 2.38. The summed E-state index contributed by atoms with van der Waals surface area (Å²) in [5.74, 6) is -0.992. The molecule has 0 unspecified atom stereocenters. The zero-order chi connectivity index (χ0) is 28.2. The van der Waals surface area contributed by atoms with Gasteiger partial charge in [0.25, 0.3) is 11.8 Å². The molecule has 8 nitrogen and oxygen atoms in total. The first-order valence-corrected chi connectivity index (χ1v) is 13.5. The first kappa shape index (κ1) is 26.6. The van der Waals surface area contributed by atoms with E-state index >= 15 is 0 Å². The summed E-state index contributed by atoms with van der Waals surface area (Å²) in [4.78, 5) is 44.6. The fourth-order valence-corrected chi connectivity index (χ4v) is 5.24. The van der Waals surface area contributed by atoms with Gasteiger partial charge in [0, 0.05) is 40.5 Å². The molecule has 0 saturated heterocycles. The van der Waals surface area contributed by atoms with Gasteiger partial charge >= 0.3 is 0 Å². The highest BCUT2D eigenvalue weighted by Gasteiger charge is 2.19. The number of thiazole rings is 1. The Kier molecular flexibility index (Phi) is 7.56. The first-order valence-electron chi connectivity index (χ1n) is 12.6. The monoisotopic (exact) mass is 549 g/mol. The van der Waals surface area contributed by atoms with Crippen LogP contribution in [0.3, 0.4) is 0 Å². The van der Waals surface area contributed by atoms with E-state index in [0.717, 1.165) is 38.9 Å². The molecule has 0 aliphatic heterocycles. The highest BCUT2D eigenvalue weighted by atomic mass is 32.1. The van der Waals surface area contributed by atoms with E-state index in [1.807, 2.05) is 61.5 Å². The molecule has 40 heavy (non-hydrogen) atoms. The van der Waals surface area contributed by atoms with Crippen molar-refractivity contribution in [1.82, 2.24) is 15.3 Å². The van der Waals surface area contributed by atoms with Crippen LogP contribution < -0.4 is 16.4 Å². The number of anilines is 1. The van der Waals surface area contributed by atoms with Gasteiger partial charge in [-0.2, -0.15) is 0 Å². The molecule has 5 N–H and O–H groups in total. The first-order chi connectivity index (χ1) is 19.4. The lowest BCUT2D eigenvalue weighted by Crippen LogP contribution is -2.20. The number of amides is 3. The number of aromatic amines is 1. The normalized spacial score (nSPS) is 11.2. The second-order valence-electron chi connectivity index (χ2n) is 9.14. The maximum atomic E-state index is 12.7. The number of nitrogens with zero attached hydrogens (tertiary/aromatic N) is 1. The van der Waals surface area contributed by atoms with Gasteiger partial charge in [-0.1, -0.05) is 48.5 Å². The summed E-state index contributed by atoms with van der Waals surface area (Å²) in [5, 5.41) is 8.81. The molecule has 3 amide bonds. The molecule has 3 aromatic carbocycles. The quantitative estimate of drug-likeness (QED) is 0.182. The van der Waals surface area contributed by atoms with Gasteiger partial charge in [0.15, 0.2) is 5.01 Å². The smallest absolute Gasteiger partial charge is 0.284 e. The fourth-order valence-electron chi connectivity index (χ4n) is 4.71. The van der Waals surface area contributed by atoms with Crippen molar-refractivity contribution >= 4 is 45.6 Å². The van der Waals surface area contributed by atoms with E-state index in [1.165, 1.54) is 17.4 Å². The number of benzene rings is 3. The fraction of sp³-hybridized carbons (Fsp3) is 0.0968. The minimum atomic E-state index is -0.543. The van der Waals surface area contributed by atoms with Crippen molar-refractivity contribution in [1.29, 1.82) is 0 Å². The zero-order valence-electron chi connectivity index (χ0n) is 21.9. The third-order valence-corrected chi connectivity index (χ3v) is 7.41. The molecule has 0 aliphatic carbocycles. The minimum Gasteiger partial charge on any atom is -0.366 e. The maximum Gasteiger partial charge on any atom is 0.284 e. The van der Waals surface area contributed by atoms with Gasteiger partial charge in [0.05, 0.1) is 11.1 Å². The summed E-state index contributed by atoms with van der Waals surface area (Å²) in [6.45, 7) is 4.07. The minimum absolute atomic E-state index is 0.176. The van der Waals surface area contributed by atoms with E-state index in [9.17, 15) is 14.4 Å². The molecule has 5 aromatic rings. The van der Waals surface area contributed by atoms with Gasteiger partial charge in [-0.25, -0.2) is 4.98 Å². The number of nitrogens with one attached hydrogen (secondary N) is 3. The predicted molar refractivity (Wildman–Crippen MR) is 159 cm³/mol. The van der Waals surface area contributed by atoms with Crippen molar-refractivity contribution in [3.05, 3.63) is 106 Å². The van der Waals surface area contributed by atoms with Gasteiger partial charge in [-0.15, -0.1) is 11.3 Å².